The fraction of sp³-hybridized carbons (Fsp3) is 0.933. The Morgan fingerprint density at radius 2 is 2.10 bits per heavy atom. The summed E-state index contributed by atoms with van der Waals surface area (Å²) < 4.78 is 0. The Bertz CT molecular complexity index is 296. The summed E-state index contributed by atoms with van der Waals surface area (Å²) in [7, 11) is 1.87. The van der Waals surface area contributed by atoms with Gasteiger partial charge in [0.05, 0.1) is 0 Å². The molecule has 0 aromatic heterocycles. The molecule has 116 valence electrons. The van der Waals surface area contributed by atoms with E-state index in [0.717, 1.165) is 24.3 Å². The minimum Gasteiger partial charge on any atom is -0.355 e. The SMILES string of the molecule is CCC(CNC(=NC)NCC1CCCS1)N1CCCC1. The van der Waals surface area contributed by atoms with Gasteiger partial charge in [-0.25, -0.2) is 0 Å². The topological polar surface area (TPSA) is 39.7 Å². The van der Waals surface area contributed by atoms with Crippen molar-refractivity contribution in [2.45, 2.75) is 50.3 Å². The minimum absolute atomic E-state index is 0.650. The monoisotopic (exact) mass is 298 g/mol. The van der Waals surface area contributed by atoms with Crippen molar-refractivity contribution < 1.29 is 0 Å². The molecule has 0 spiro atoms. The van der Waals surface area contributed by atoms with Crippen molar-refractivity contribution in [1.82, 2.24) is 15.5 Å². The van der Waals surface area contributed by atoms with Crippen LogP contribution >= 0.6 is 11.8 Å². The lowest BCUT2D eigenvalue weighted by Gasteiger charge is -2.27. The fourth-order valence-electron chi connectivity index (χ4n) is 3.09. The maximum absolute atomic E-state index is 4.35. The molecule has 0 aromatic rings. The molecule has 0 bridgehead atoms. The number of aliphatic imine (C=N–C) groups is 1. The first-order chi connectivity index (χ1) is 9.83. The van der Waals surface area contributed by atoms with Gasteiger partial charge in [0.1, 0.15) is 0 Å². The zero-order chi connectivity index (χ0) is 14.2. The number of thioether (sulfide) groups is 1. The average molecular weight is 299 g/mol. The van der Waals surface area contributed by atoms with E-state index in [0.29, 0.717) is 6.04 Å². The molecule has 2 heterocycles. The number of hydrogen-bond acceptors (Lipinski definition) is 3. The van der Waals surface area contributed by atoms with Crippen LogP contribution in [0.1, 0.15) is 39.0 Å². The second kappa shape index (κ2) is 8.78. The van der Waals surface area contributed by atoms with Crippen molar-refractivity contribution in [2.24, 2.45) is 4.99 Å². The predicted molar refractivity (Wildman–Crippen MR) is 89.7 cm³/mol. The summed E-state index contributed by atoms with van der Waals surface area (Å²) in [4.78, 5) is 6.97. The van der Waals surface area contributed by atoms with Crippen LogP contribution in [0, 0.1) is 0 Å². The van der Waals surface area contributed by atoms with Gasteiger partial charge in [-0.05, 0) is 50.9 Å². The molecule has 2 rings (SSSR count). The van der Waals surface area contributed by atoms with Crippen LogP contribution in [0.5, 0.6) is 0 Å². The first-order valence-electron chi connectivity index (χ1n) is 8.13. The molecule has 2 atom stereocenters. The summed E-state index contributed by atoms with van der Waals surface area (Å²) in [6, 6.07) is 0.650. The average Bonchev–Trinajstić information content (AvgIpc) is 3.15. The van der Waals surface area contributed by atoms with Crippen molar-refractivity contribution in [3.63, 3.8) is 0 Å². The van der Waals surface area contributed by atoms with E-state index in [4.69, 9.17) is 0 Å². The van der Waals surface area contributed by atoms with E-state index in [1.54, 1.807) is 0 Å². The first kappa shape index (κ1) is 16.0. The van der Waals surface area contributed by atoms with Gasteiger partial charge in [0.2, 0.25) is 0 Å². The first-order valence-corrected chi connectivity index (χ1v) is 9.18. The number of hydrogen-bond donors (Lipinski definition) is 2. The number of guanidine groups is 1. The van der Waals surface area contributed by atoms with Crippen molar-refractivity contribution in [2.75, 3.05) is 39.0 Å². The van der Waals surface area contributed by atoms with Gasteiger partial charge in [0, 0.05) is 31.4 Å². The molecule has 2 aliphatic heterocycles. The summed E-state index contributed by atoms with van der Waals surface area (Å²) >= 11 is 2.09. The molecular weight excluding hydrogens is 268 g/mol. The van der Waals surface area contributed by atoms with Gasteiger partial charge in [0.25, 0.3) is 0 Å². The quantitative estimate of drug-likeness (QED) is 0.580. The fourth-order valence-corrected chi connectivity index (χ4v) is 4.29. The number of likely N-dealkylation sites (tertiary alicyclic amines) is 1. The molecule has 2 saturated heterocycles. The molecule has 0 radical (unpaired) electrons. The summed E-state index contributed by atoms with van der Waals surface area (Å²) in [6.07, 6.45) is 6.66. The highest BCUT2D eigenvalue weighted by molar-refractivity contribution is 8.00. The van der Waals surface area contributed by atoms with Crippen molar-refractivity contribution in [1.29, 1.82) is 0 Å². The van der Waals surface area contributed by atoms with Gasteiger partial charge >= 0.3 is 0 Å². The van der Waals surface area contributed by atoms with Crippen LogP contribution in [0.4, 0.5) is 0 Å². The van der Waals surface area contributed by atoms with Crippen LogP contribution in [0.25, 0.3) is 0 Å². The number of nitrogens with zero attached hydrogens (tertiary/aromatic N) is 2. The molecule has 2 fully saturated rings. The van der Waals surface area contributed by atoms with Crippen LogP contribution < -0.4 is 10.6 Å². The Labute approximate surface area is 128 Å². The molecule has 20 heavy (non-hydrogen) atoms. The van der Waals surface area contributed by atoms with E-state index < -0.39 is 0 Å². The lowest BCUT2D eigenvalue weighted by atomic mass is 10.2. The molecule has 5 heteroatoms. The third-order valence-electron chi connectivity index (χ3n) is 4.38. The summed E-state index contributed by atoms with van der Waals surface area (Å²) in [5.41, 5.74) is 0. The van der Waals surface area contributed by atoms with E-state index in [1.165, 1.54) is 50.9 Å². The molecular formula is C15H30N4S. The van der Waals surface area contributed by atoms with Gasteiger partial charge in [0.15, 0.2) is 5.96 Å². The van der Waals surface area contributed by atoms with Gasteiger partial charge < -0.3 is 10.6 Å². The lowest BCUT2D eigenvalue weighted by molar-refractivity contribution is 0.236. The van der Waals surface area contributed by atoms with Crippen molar-refractivity contribution >= 4 is 17.7 Å². The van der Waals surface area contributed by atoms with Crippen LogP contribution in [0.15, 0.2) is 4.99 Å². The van der Waals surface area contributed by atoms with Crippen molar-refractivity contribution in [3.8, 4) is 0 Å². The second-order valence-electron chi connectivity index (χ2n) is 5.77. The minimum atomic E-state index is 0.650. The molecule has 0 amide bonds. The maximum Gasteiger partial charge on any atom is 0.191 e. The summed E-state index contributed by atoms with van der Waals surface area (Å²) in [6.45, 7) is 6.88. The van der Waals surface area contributed by atoms with Gasteiger partial charge in [-0.2, -0.15) is 11.8 Å². The zero-order valence-corrected chi connectivity index (χ0v) is 13.8. The largest absolute Gasteiger partial charge is 0.355 e. The van der Waals surface area contributed by atoms with E-state index >= 15 is 0 Å². The third kappa shape index (κ3) is 4.85. The Kier molecular flexibility index (Phi) is 7.00. The summed E-state index contributed by atoms with van der Waals surface area (Å²) in [5, 5.41) is 7.76. The van der Waals surface area contributed by atoms with Gasteiger partial charge in [-0.15, -0.1) is 0 Å². The highest BCUT2D eigenvalue weighted by Gasteiger charge is 2.20. The molecule has 4 nitrogen and oxygen atoms in total. The Morgan fingerprint density at radius 3 is 2.70 bits per heavy atom. The van der Waals surface area contributed by atoms with Crippen LogP contribution in [0.3, 0.4) is 0 Å². The van der Waals surface area contributed by atoms with E-state index in [-0.39, 0.29) is 0 Å². The van der Waals surface area contributed by atoms with Gasteiger partial charge in [-0.3, -0.25) is 9.89 Å². The Balaban J connectivity index is 1.68. The van der Waals surface area contributed by atoms with Crippen LogP contribution in [-0.4, -0.2) is 61.1 Å². The van der Waals surface area contributed by atoms with E-state index in [1.807, 2.05) is 7.05 Å². The molecule has 0 saturated carbocycles. The van der Waals surface area contributed by atoms with Crippen LogP contribution in [-0.2, 0) is 0 Å². The molecule has 0 aliphatic carbocycles. The Morgan fingerprint density at radius 1 is 1.30 bits per heavy atom. The summed E-state index contributed by atoms with van der Waals surface area (Å²) in [5.74, 6) is 2.29. The zero-order valence-electron chi connectivity index (χ0n) is 13.0. The second-order valence-corrected chi connectivity index (χ2v) is 7.18. The Hall–Kier alpha value is -0.420. The highest BCUT2D eigenvalue weighted by atomic mass is 32.2. The standard InChI is InChI=1S/C15H30N4S/c1-3-13(19-8-4-5-9-19)11-17-15(16-2)18-12-14-7-6-10-20-14/h13-14H,3-12H2,1-2H3,(H2,16,17,18). The lowest BCUT2D eigenvalue weighted by Crippen LogP contribution is -2.47. The third-order valence-corrected chi connectivity index (χ3v) is 5.78. The predicted octanol–water partition coefficient (Wildman–Crippen LogP) is 1.92. The molecule has 2 unspecified atom stereocenters. The highest BCUT2D eigenvalue weighted by Crippen LogP contribution is 2.25. The molecule has 2 aliphatic rings. The molecule has 2 N–H and O–H groups in total. The number of nitrogens with one attached hydrogen (secondary N) is 2. The van der Waals surface area contributed by atoms with Crippen molar-refractivity contribution in [3.05, 3.63) is 0 Å². The maximum atomic E-state index is 4.35. The number of rotatable bonds is 6. The normalized spacial score (nSPS) is 25.9. The van der Waals surface area contributed by atoms with Gasteiger partial charge in [-0.1, -0.05) is 6.92 Å². The van der Waals surface area contributed by atoms with E-state index in [9.17, 15) is 0 Å². The van der Waals surface area contributed by atoms with E-state index in [2.05, 4.69) is 39.2 Å². The molecule has 0 aromatic carbocycles. The van der Waals surface area contributed by atoms with Crippen LogP contribution in [0.2, 0.25) is 0 Å². The smallest absolute Gasteiger partial charge is 0.191 e.